The van der Waals surface area contributed by atoms with Crippen LogP contribution in [0.25, 0.3) is 0 Å². The lowest BCUT2D eigenvalue weighted by Gasteiger charge is -2.25. The number of carbonyl (C=O) groups is 1. The number of hydrogen-bond acceptors (Lipinski definition) is 5. The Morgan fingerprint density at radius 1 is 0.842 bits per heavy atom. The van der Waals surface area contributed by atoms with Gasteiger partial charge in [-0.25, -0.2) is 16.8 Å². The molecule has 1 aliphatic heterocycles. The molecular weight excluding hydrogens is 543 g/mol. The first-order chi connectivity index (χ1) is 17.9. The Kier molecular flexibility index (Phi) is 7.81. The van der Waals surface area contributed by atoms with Crippen molar-refractivity contribution in [2.24, 2.45) is 0 Å². The van der Waals surface area contributed by atoms with Crippen molar-refractivity contribution in [3.05, 3.63) is 84.4 Å². The van der Waals surface area contributed by atoms with Crippen LogP contribution in [-0.4, -0.2) is 46.7 Å². The fourth-order valence-corrected chi connectivity index (χ4v) is 6.94. The maximum Gasteiger partial charge on any atom is 0.416 e. The molecule has 3 aromatic carbocycles. The van der Waals surface area contributed by atoms with Crippen molar-refractivity contribution >= 4 is 37.3 Å². The maximum absolute atomic E-state index is 13.4. The van der Waals surface area contributed by atoms with E-state index in [0.29, 0.717) is 23.5 Å². The fourth-order valence-electron chi connectivity index (χ4n) is 3.99. The van der Waals surface area contributed by atoms with Gasteiger partial charge in [-0.2, -0.15) is 17.5 Å². The van der Waals surface area contributed by atoms with Crippen molar-refractivity contribution in [1.29, 1.82) is 0 Å². The minimum absolute atomic E-state index is 0.0506. The zero-order valence-corrected chi connectivity index (χ0v) is 21.6. The lowest BCUT2D eigenvalue weighted by atomic mass is 10.2. The fraction of sp³-hybridized carbons (Fsp3) is 0.240. The molecule has 0 radical (unpaired) electrons. The molecule has 4 rings (SSSR count). The highest BCUT2D eigenvalue weighted by Crippen LogP contribution is 2.33. The monoisotopic (exact) mass is 567 g/mol. The molecule has 0 saturated carbocycles. The smallest absolute Gasteiger partial charge is 0.325 e. The summed E-state index contributed by atoms with van der Waals surface area (Å²) in [6.07, 6.45) is -3.17. The zero-order valence-electron chi connectivity index (χ0n) is 19.9. The summed E-state index contributed by atoms with van der Waals surface area (Å²) in [7, 11) is -8.08. The number of rotatable bonds is 8. The number of benzene rings is 3. The highest BCUT2D eigenvalue weighted by atomic mass is 32.2. The molecule has 1 saturated heterocycles. The minimum Gasteiger partial charge on any atom is -0.325 e. The van der Waals surface area contributed by atoms with Crippen molar-refractivity contribution in [1.82, 2.24) is 4.31 Å². The number of hydrogen-bond donors (Lipinski definition) is 1. The molecule has 0 unspecified atom stereocenters. The second kappa shape index (κ2) is 10.8. The number of amides is 1. The molecule has 0 aromatic heterocycles. The van der Waals surface area contributed by atoms with Gasteiger partial charge in [-0.15, -0.1) is 0 Å². The molecule has 13 heteroatoms. The first-order valence-electron chi connectivity index (χ1n) is 11.5. The molecule has 8 nitrogen and oxygen atoms in total. The third-order valence-electron chi connectivity index (χ3n) is 5.92. The van der Waals surface area contributed by atoms with Crippen LogP contribution < -0.4 is 9.62 Å². The highest BCUT2D eigenvalue weighted by Gasteiger charge is 2.33. The first kappa shape index (κ1) is 27.6. The Balaban J connectivity index is 1.59. The van der Waals surface area contributed by atoms with Gasteiger partial charge in [0.2, 0.25) is 15.9 Å². The summed E-state index contributed by atoms with van der Waals surface area (Å²) in [5.41, 5.74) is -1.22. The standard InChI is InChI=1S/C25H24F3N3O5S2/c26-25(27,28)19-7-6-8-21(17-19)31(38(35,36)22-9-2-1-3-10-22)18-24(32)29-20-11-13-23(14-12-20)37(33,34)30-15-4-5-16-30/h1-3,6-14,17H,4-5,15-16,18H2,(H,29,32). The lowest BCUT2D eigenvalue weighted by Crippen LogP contribution is -2.38. The van der Waals surface area contributed by atoms with E-state index in [2.05, 4.69) is 5.32 Å². The van der Waals surface area contributed by atoms with Crippen molar-refractivity contribution in [2.75, 3.05) is 29.3 Å². The Morgan fingerprint density at radius 3 is 2.08 bits per heavy atom. The van der Waals surface area contributed by atoms with E-state index in [1.807, 2.05) is 0 Å². The largest absolute Gasteiger partial charge is 0.416 e. The Labute approximate surface area is 218 Å². The van der Waals surface area contributed by atoms with E-state index in [1.165, 1.54) is 58.9 Å². The van der Waals surface area contributed by atoms with Crippen LogP contribution in [0.15, 0.2) is 88.7 Å². The van der Waals surface area contributed by atoms with Gasteiger partial charge in [0.1, 0.15) is 6.54 Å². The van der Waals surface area contributed by atoms with E-state index in [-0.39, 0.29) is 21.2 Å². The first-order valence-corrected chi connectivity index (χ1v) is 14.4. The molecule has 0 aliphatic carbocycles. The predicted octanol–water partition coefficient (Wildman–Crippen LogP) is 4.32. The summed E-state index contributed by atoms with van der Waals surface area (Å²) in [5.74, 6) is -0.836. The number of nitrogens with one attached hydrogen (secondary N) is 1. The number of anilines is 2. The third kappa shape index (κ3) is 6.00. The van der Waals surface area contributed by atoms with Gasteiger partial charge in [-0.05, 0) is 67.4 Å². The normalized spacial score (nSPS) is 14.8. The van der Waals surface area contributed by atoms with E-state index in [4.69, 9.17) is 0 Å². The number of halogens is 3. The summed E-state index contributed by atoms with van der Waals surface area (Å²) in [4.78, 5) is 12.7. The van der Waals surface area contributed by atoms with E-state index in [0.717, 1.165) is 25.0 Å². The molecular formula is C25H24F3N3O5S2. The number of alkyl halides is 3. The van der Waals surface area contributed by atoms with Gasteiger partial charge in [0.25, 0.3) is 10.0 Å². The highest BCUT2D eigenvalue weighted by molar-refractivity contribution is 7.92. The molecule has 3 aromatic rings. The summed E-state index contributed by atoms with van der Waals surface area (Å²) >= 11 is 0. The van der Waals surface area contributed by atoms with Gasteiger partial charge >= 0.3 is 6.18 Å². The Morgan fingerprint density at radius 2 is 1.47 bits per heavy atom. The number of carbonyl (C=O) groups excluding carboxylic acids is 1. The summed E-state index contributed by atoms with van der Waals surface area (Å²) in [6.45, 7) is 0.0382. The van der Waals surface area contributed by atoms with E-state index in [9.17, 15) is 34.8 Å². The van der Waals surface area contributed by atoms with Gasteiger partial charge < -0.3 is 5.32 Å². The summed E-state index contributed by atoms with van der Waals surface area (Å²) in [6, 6.07) is 16.1. The lowest BCUT2D eigenvalue weighted by molar-refractivity contribution is -0.137. The maximum atomic E-state index is 13.4. The van der Waals surface area contributed by atoms with Gasteiger partial charge in [0.05, 0.1) is 21.0 Å². The van der Waals surface area contributed by atoms with Gasteiger partial charge in [0.15, 0.2) is 0 Å². The molecule has 1 aliphatic rings. The minimum atomic E-state index is -4.72. The van der Waals surface area contributed by atoms with Gasteiger partial charge in [-0.3, -0.25) is 9.10 Å². The molecule has 0 spiro atoms. The van der Waals surface area contributed by atoms with E-state index in [1.54, 1.807) is 6.07 Å². The van der Waals surface area contributed by atoms with Crippen LogP contribution in [0.5, 0.6) is 0 Å². The van der Waals surface area contributed by atoms with Gasteiger partial charge in [0, 0.05) is 18.8 Å². The molecule has 1 N–H and O–H groups in total. The molecule has 0 bridgehead atoms. The number of nitrogens with zero attached hydrogens (tertiary/aromatic N) is 2. The van der Waals surface area contributed by atoms with Crippen LogP contribution in [0.1, 0.15) is 18.4 Å². The second-order valence-corrected chi connectivity index (χ2v) is 12.4. The van der Waals surface area contributed by atoms with Crippen LogP contribution in [0, 0.1) is 0 Å². The van der Waals surface area contributed by atoms with Crippen LogP contribution in [0.4, 0.5) is 24.5 Å². The third-order valence-corrected chi connectivity index (χ3v) is 9.62. The molecule has 1 heterocycles. The van der Waals surface area contributed by atoms with E-state index < -0.39 is 44.2 Å². The van der Waals surface area contributed by atoms with Crippen LogP contribution in [0.3, 0.4) is 0 Å². The quantitative estimate of drug-likeness (QED) is 0.437. The van der Waals surface area contributed by atoms with Crippen molar-refractivity contribution < 1.29 is 34.8 Å². The van der Waals surface area contributed by atoms with Gasteiger partial charge in [-0.1, -0.05) is 24.3 Å². The predicted molar refractivity (Wildman–Crippen MR) is 135 cm³/mol. The average molecular weight is 568 g/mol. The zero-order chi connectivity index (χ0) is 27.6. The molecule has 38 heavy (non-hydrogen) atoms. The summed E-state index contributed by atoms with van der Waals surface area (Å²) in [5, 5.41) is 2.48. The molecule has 202 valence electrons. The van der Waals surface area contributed by atoms with Crippen molar-refractivity contribution in [3.8, 4) is 0 Å². The van der Waals surface area contributed by atoms with Crippen LogP contribution in [0.2, 0.25) is 0 Å². The molecule has 1 fully saturated rings. The topological polar surface area (TPSA) is 104 Å². The molecule has 1 amide bonds. The van der Waals surface area contributed by atoms with E-state index >= 15 is 0 Å². The SMILES string of the molecule is O=C(CN(c1cccc(C(F)(F)F)c1)S(=O)(=O)c1ccccc1)Nc1ccc(S(=O)(=O)N2CCCC2)cc1. The van der Waals surface area contributed by atoms with Crippen molar-refractivity contribution in [3.63, 3.8) is 0 Å². The van der Waals surface area contributed by atoms with Crippen LogP contribution in [-0.2, 0) is 31.0 Å². The number of sulfonamides is 2. The Bertz CT molecular complexity index is 1510. The molecule has 0 atom stereocenters. The second-order valence-electron chi connectivity index (χ2n) is 8.56. The Hall–Kier alpha value is -3.42. The van der Waals surface area contributed by atoms with Crippen molar-refractivity contribution in [2.45, 2.75) is 28.8 Å². The summed E-state index contributed by atoms with van der Waals surface area (Å²) < 4.78 is 94.1. The average Bonchev–Trinajstić information content (AvgIpc) is 3.44. The van der Waals surface area contributed by atoms with Crippen LogP contribution >= 0.6 is 0 Å².